The van der Waals surface area contributed by atoms with Crippen molar-refractivity contribution >= 4 is 28.5 Å². The number of rotatable bonds is 10. The van der Waals surface area contributed by atoms with Gasteiger partial charge >= 0.3 is 0 Å². The maximum atomic E-state index is 13.8. The van der Waals surface area contributed by atoms with Gasteiger partial charge in [0, 0.05) is 13.7 Å². The Hall–Kier alpha value is -4.18. The molecule has 0 unspecified atom stereocenters. The number of para-hydroxylation sites is 3. The second kappa shape index (κ2) is 10.6. The van der Waals surface area contributed by atoms with Crippen molar-refractivity contribution in [1.29, 1.82) is 0 Å². The quantitative estimate of drug-likeness (QED) is 0.360. The number of nitrogens with one attached hydrogen (secondary N) is 1. The average Bonchev–Trinajstić information content (AvgIpc) is 3.53. The van der Waals surface area contributed by atoms with Crippen LogP contribution in [0.3, 0.4) is 0 Å². The Labute approximate surface area is 196 Å². The third-order valence-corrected chi connectivity index (χ3v) is 5.24. The van der Waals surface area contributed by atoms with Crippen molar-refractivity contribution in [1.82, 2.24) is 20.3 Å². The first kappa shape index (κ1) is 23.0. The lowest BCUT2D eigenvalue weighted by Crippen LogP contribution is -2.46. The van der Waals surface area contributed by atoms with Crippen LogP contribution in [0.1, 0.15) is 11.8 Å². The summed E-state index contributed by atoms with van der Waals surface area (Å²) in [6, 6.07) is 16.6. The molecule has 4 rings (SSSR count). The number of furan rings is 1. The first-order valence-electron chi connectivity index (χ1n) is 10.7. The molecule has 10 nitrogen and oxygen atoms in total. The van der Waals surface area contributed by atoms with Gasteiger partial charge in [0.1, 0.15) is 23.6 Å². The van der Waals surface area contributed by atoms with Crippen molar-refractivity contribution in [3.63, 3.8) is 0 Å². The molecule has 2 aromatic carbocycles. The van der Waals surface area contributed by atoms with Crippen LogP contribution in [0.4, 0.5) is 5.69 Å². The third-order valence-electron chi connectivity index (χ3n) is 5.24. The number of carbonyl (C=O) groups is 2. The van der Waals surface area contributed by atoms with Gasteiger partial charge in [-0.05, 0) is 36.4 Å². The van der Waals surface area contributed by atoms with E-state index in [0.717, 1.165) is 0 Å². The molecule has 2 aromatic heterocycles. The molecule has 2 amide bonds. The monoisotopic (exact) mass is 463 g/mol. The molecular formula is C24H25N5O5. The maximum absolute atomic E-state index is 13.8. The van der Waals surface area contributed by atoms with E-state index in [4.69, 9.17) is 13.9 Å². The normalized spacial score (nSPS) is 11.8. The van der Waals surface area contributed by atoms with E-state index in [2.05, 4.69) is 15.6 Å². The third kappa shape index (κ3) is 4.76. The highest BCUT2D eigenvalue weighted by Gasteiger charge is 2.36. The SMILES string of the molecule is COCCNC(=O)[C@@H](c1ccco1)N(C(=O)Cn1nnc2ccccc21)c1ccccc1OC. The van der Waals surface area contributed by atoms with Gasteiger partial charge in [0.15, 0.2) is 6.04 Å². The Kier molecular flexibility index (Phi) is 7.19. The number of ether oxygens (including phenoxy) is 2. The molecule has 4 aromatic rings. The lowest BCUT2D eigenvalue weighted by Gasteiger charge is -2.31. The minimum absolute atomic E-state index is 0.152. The van der Waals surface area contributed by atoms with Crippen LogP contribution in [-0.2, 0) is 20.9 Å². The van der Waals surface area contributed by atoms with Crippen molar-refractivity contribution in [3.8, 4) is 5.75 Å². The molecular weight excluding hydrogens is 438 g/mol. The largest absolute Gasteiger partial charge is 0.495 e. The van der Waals surface area contributed by atoms with Crippen LogP contribution in [-0.4, -0.2) is 54.2 Å². The molecule has 0 spiro atoms. The lowest BCUT2D eigenvalue weighted by atomic mass is 10.1. The number of amides is 2. The lowest BCUT2D eigenvalue weighted by molar-refractivity contribution is -0.127. The summed E-state index contributed by atoms with van der Waals surface area (Å²) in [4.78, 5) is 28.6. The molecule has 0 aliphatic heterocycles. The van der Waals surface area contributed by atoms with E-state index in [1.165, 1.54) is 23.0 Å². The predicted octanol–water partition coefficient (Wildman–Crippen LogP) is 2.57. The van der Waals surface area contributed by atoms with Crippen LogP contribution < -0.4 is 15.0 Å². The van der Waals surface area contributed by atoms with Crippen molar-refractivity contribution in [2.75, 3.05) is 32.3 Å². The highest BCUT2D eigenvalue weighted by molar-refractivity contribution is 6.02. The summed E-state index contributed by atoms with van der Waals surface area (Å²) in [5.41, 5.74) is 1.79. The van der Waals surface area contributed by atoms with E-state index < -0.39 is 17.9 Å². The summed E-state index contributed by atoms with van der Waals surface area (Å²) in [6.45, 7) is 0.444. The number of fused-ring (bicyclic) bond motifs is 1. The molecule has 10 heteroatoms. The zero-order valence-corrected chi connectivity index (χ0v) is 18.9. The first-order valence-corrected chi connectivity index (χ1v) is 10.7. The fourth-order valence-corrected chi connectivity index (χ4v) is 3.68. The molecule has 0 saturated carbocycles. The number of anilines is 1. The minimum Gasteiger partial charge on any atom is -0.495 e. The molecule has 176 valence electrons. The molecule has 0 radical (unpaired) electrons. The highest BCUT2D eigenvalue weighted by Crippen LogP contribution is 2.35. The second-order valence-electron chi connectivity index (χ2n) is 7.37. The van der Waals surface area contributed by atoms with Gasteiger partial charge in [0.25, 0.3) is 5.91 Å². The summed E-state index contributed by atoms with van der Waals surface area (Å²) in [5.74, 6) is -0.0867. The Morgan fingerprint density at radius 3 is 2.65 bits per heavy atom. The Balaban J connectivity index is 1.77. The fraction of sp³-hybridized carbons (Fsp3) is 0.250. The van der Waals surface area contributed by atoms with E-state index >= 15 is 0 Å². The number of nitrogens with zero attached hydrogens (tertiary/aromatic N) is 4. The second-order valence-corrected chi connectivity index (χ2v) is 7.37. The van der Waals surface area contributed by atoms with Gasteiger partial charge in [-0.1, -0.05) is 29.5 Å². The van der Waals surface area contributed by atoms with Crippen LogP contribution in [0.2, 0.25) is 0 Å². The molecule has 1 atom stereocenters. The van der Waals surface area contributed by atoms with Crippen LogP contribution in [0.25, 0.3) is 11.0 Å². The molecule has 0 aliphatic carbocycles. The van der Waals surface area contributed by atoms with Crippen LogP contribution in [0.15, 0.2) is 71.3 Å². The minimum atomic E-state index is -1.09. The van der Waals surface area contributed by atoms with Gasteiger partial charge < -0.3 is 19.2 Å². The molecule has 0 saturated heterocycles. The van der Waals surface area contributed by atoms with Gasteiger partial charge in [0.2, 0.25) is 5.91 Å². The summed E-state index contributed by atoms with van der Waals surface area (Å²) >= 11 is 0. The molecule has 0 bridgehead atoms. The van der Waals surface area contributed by atoms with Gasteiger partial charge in [-0.15, -0.1) is 5.10 Å². The van der Waals surface area contributed by atoms with Crippen molar-refractivity contribution in [2.24, 2.45) is 0 Å². The van der Waals surface area contributed by atoms with Crippen molar-refractivity contribution in [2.45, 2.75) is 12.6 Å². The van der Waals surface area contributed by atoms with E-state index in [0.29, 0.717) is 34.8 Å². The van der Waals surface area contributed by atoms with Gasteiger partial charge in [-0.2, -0.15) is 0 Å². The highest BCUT2D eigenvalue weighted by atomic mass is 16.5. The standard InChI is InChI=1S/C24H25N5O5/c1-32-15-13-25-24(31)23(21-12-7-14-34-21)29(19-10-5-6-11-20(19)33-2)22(30)16-28-18-9-4-3-8-17(18)26-27-28/h3-12,14,23H,13,15-16H2,1-2H3,(H,25,31)/t23-/m1/s1. The fourth-order valence-electron chi connectivity index (χ4n) is 3.68. The molecule has 0 aliphatic rings. The van der Waals surface area contributed by atoms with Gasteiger partial charge in [-0.3, -0.25) is 14.5 Å². The maximum Gasteiger partial charge on any atom is 0.251 e. The first-order chi connectivity index (χ1) is 16.6. The van der Waals surface area contributed by atoms with Crippen molar-refractivity contribution in [3.05, 3.63) is 72.7 Å². The number of hydrogen-bond acceptors (Lipinski definition) is 7. The summed E-state index contributed by atoms with van der Waals surface area (Å²) in [7, 11) is 3.05. The Morgan fingerprint density at radius 2 is 1.88 bits per heavy atom. The smallest absolute Gasteiger partial charge is 0.251 e. The van der Waals surface area contributed by atoms with E-state index in [9.17, 15) is 9.59 Å². The molecule has 2 heterocycles. The average molecular weight is 463 g/mol. The summed E-state index contributed by atoms with van der Waals surface area (Å²) in [6.07, 6.45) is 1.46. The van der Waals surface area contributed by atoms with Crippen LogP contribution in [0, 0.1) is 0 Å². The zero-order chi connectivity index (χ0) is 23.9. The van der Waals surface area contributed by atoms with Crippen molar-refractivity contribution < 1.29 is 23.5 Å². The summed E-state index contributed by atoms with van der Waals surface area (Å²) < 4.78 is 17.7. The molecule has 1 N–H and O–H groups in total. The van der Waals surface area contributed by atoms with E-state index in [-0.39, 0.29) is 13.1 Å². The Morgan fingerprint density at radius 1 is 1.09 bits per heavy atom. The predicted molar refractivity (Wildman–Crippen MR) is 124 cm³/mol. The topological polar surface area (TPSA) is 112 Å². The number of aromatic nitrogens is 3. The van der Waals surface area contributed by atoms with Crippen LogP contribution in [0.5, 0.6) is 5.75 Å². The zero-order valence-electron chi connectivity index (χ0n) is 18.9. The number of carbonyl (C=O) groups excluding carboxylic acids is 2. The molecule has 0 fully saturated rings. The number of hydrogen-bond donors (Lipinski definition) is 1. The van der Waals surface area contributed by atoms with Gasteiger partial charge in [-0.25, -0.2) is 4.68 Å². The summed E-state index contributed by atoms with van der Waals surface area (Å²) in [5, 5.41) is 11.1. The Bertz CT molecular complexity index is 1250. The van der Waals surface area contributed by atoms with E-state index in [1.54, 1.807) is 43.5 Å². The molecule has 34 heavy (non-hydrogen) atoms. The van der Waals surface area contributed by atoms with E-state index in [1.807, 2.05) is 24.3 Å². The number of benzene rings is 2. The van der Waals surface area contributed by atoms with Gasteiger partial charge in [0.05, 0.1) is 31.2 Å². The number of methoxy groups -OCH3 is 2. The van der Waals surface area contributed by atoms with Crippen LogP contribution >= 0.6 is 0 Å².